The van der Waals surface area contributed by atoms with E-state index in [1.807, 2.05) is 0 Å². The molecule has 120 valence electrons. The monoisotopic (exact) mass is 296 g/mol. The molecule has 0 aliphatic heterocycles. The van der Waals surface area contributed by atoms with Crippen LogP contribution >= 0.6 is 0 Å². The van der Waals surface area contributed by atoms with E-state index in [4.69, 9.17) is 0 Å². The molecule has 0 saturated heterocycles. The zero-order valence-corrected chi connectivity index (χ0v) is 13.0. The number of hydrogen-bond donors (Lipinski definition) is 3. The van der Waals surface area contributed by atoms with Gasteiger partial charge in [-0.3, -0.25) is 9.59 Å². The molecule has 2 rings (SSSR count). The molecule has 2 aliphatic rings. The Bertz CT molecular complexity index is 376. The fourth-order valence-corrected chi connectivity index (χ4v) is 3.03. The second-order valence-corrected chi connectivity index (χ2v) is 6.78. The Morgan fingerprint density at radius 1 is 1.14 bits per heavy atom. The van der Waals surface area contributed by atoms with E-state index in [2.05, 4.69) is 17.6 Å². The normalized spacial score (nSPS) is 27.5. The summed E-state index contributed by atoms with van der Waals surface area (Å²) in [5.74, 6) is 0.609. The summed E-state index contributed by atoms with van der Waals surface area (Å²) >= 11 is 0. The highest BCUT2D eigenvalue weighted by Gasteiger charge is 2.38. The van der Waals surface area contributed by atoms with E-state index >= 15 is 0 Å². The summed E-state index contributed by atoms with van der Waals surface area (Å²) in [7, 11) is 0. The minimum Gasteiger partial charge on any atom is -0.388 e. The molecule has 0 bridgehead atoms. The molecule has 0 aromatic carbocycles. The van der Waals surface area contributed by atoms with Crippen LogP contribution in [-0.4, -0.2) is 35.6 Å². The van der Waals surface area contributed by atoms with Crippen LogP contribution in [0.2, 0.25) is 0 Å². The van der Waals surface area contributed by atoms with Crippen LogP contribution in [0, 0.1) is 11.8 Å². The van der Waals surface area contributed by atoms with Gasteiger partial charge in [0.1, 0.15) is 0 Å². The SMILES string of the molecule is CC1CC1C(=O)NCCC(=O)NCC1(O)CCCCCC1. The molecule has 0 heterocycles. The van der Waals surface area contributed by atoms with Gasteiger partial charge in [0.2, 0.25) is 11.8 Å². The van der Waals surface area contributed by atoms with Crippen molar-refractivity contribution in [2.45, 2.75) is 63.9 Å². The van der Waals surface area contributed by atoms with Gasteiger partial charge in [-0.25, -0.2) is 0 Å². The van der Waals surface area contributed by atoms with Crippen molar-refractivity contribution in [3.63, 3.8) is 0 Å². The Labute approximate surface area is 126 Å². The Balaban J connectivity index is 1.59. The number of amides is 2. The second-order valence-electron chi connectivity index (χ2n) is 6.78. The summed E-state index contributed by atoms with van der Waals surface area (Å²) in [6, 6.07) is 0. The summed E-state index contributed by atoms with van der Waals surface area (Å²) in [5.41, 5.74) is -0.737. The van der Waals surface area contributed by atoms with Crippen LogP contribution in [0.3, 0.4) is 0 Å². The predicted octanol–water partition coefficient (Wildman–Crippen LogP) is 1.35. The van der Waals surface area contributed by atoms with Gasteiger partial charge < -0.3 is 15.7 Å². The molecular weight excluding hydrogens is 268 g/mol. The van der Waals surface area contributed by atoms with Crippen molar-refractivity contribution in [2.75, 3.05) is 13.1 Å². The van der Waals surface area contributed by atoms with Crippen molar-refractivity contribution >= 4 is 11.8 Å². The van der Waals surface area contributed by atoms with Crippen molar-refractivity contribution in [3.8, 4) is 0 Å². The van der Waals surface area contributed by atoms with Gasteiger partial charge in [-0.05, 0) is 25.2 Å². The molecule has 2 amide bonds. The maximum Gasteiger partial charge on any atom is 0.223 e. The van der Waals surface area contributed by atoms with E-state index in [0.29, 0.717) is 19.0 Å². The zero-order valence-electron chi connectivity index (χ0n) is 13.0. The summed E-state index contributed by atoms with van der Waals surface area (Å²) in [6.07, 6.45) is 7.18. The lowest BCUT2D eigenvalue weighted by atomic mass is 9.94. The average molecular weight is 296 g/mol. The molecule has 0 spiro atoms. The number of carbonyl (C=O) groups is 2. The maximum absolute atomic E-state index is 11.8. The van der Waals surface area contributed by atoms with Crippen LogP contribution in [0.1, 0.15) is 58.3 Å². The predicted molar refractivity (Wildman–Crippen MR) is 80.6 cm³/mol. The first kappa shape index (κ1) is 16.3. The summed E-state index contributed by atoms with van der Waals surface area (Å²) in [5, 5.41) is 16.0. The van der Waals surface area contributed by atoms with Gasteiger partial charge in [-0.1, -0.05) is 32.6 Å². The number of rotatable bonds is 6. The third-order valence-electron chi connectivity index (χ3n) is 4.75. The van der Waals surface area contributed by atoms with E-state index in [1.165, 1.54) is 12.8 Å². The Morgan fingerprint density at radius 3 is 2.33 bits per heavy atom. The summed E-state index contributed by atoms with van der Waals surface area (Å²) in [6.45, 7) is 2.77. The second kappa shape index (κ2) is 7.25. The highest BCUT2D eigenvalue weighted by atomic mass is 16.3. The molecule has 21 heavy (non-hydrogen) atoms. The Morgan fingerprint density at radius 2 is 1.76 bits per heavy atom. The Kier molecular flexibility index (Phi) is 5.62. The third-order valence-corrected chi connectivity index (χ3v) is 4.75. The first-order chi connectivity index (χ1) is 10.0. The first-order valence-corrected chi connectivity index (χ1v) is 8.27. The van der Waals surface area contributed by atoms with Gasteiger partial charge in [0.05, 0.1) is 5.60 Å². The summed E-state index contributed by atoms with van der Waals surface area (Å²) < 4.78 is 0. The van der Waals surface area contributed by atoms with Crippen molar-refractivity contribution in [1.82, 2.24) is 10.6 Å². The molecule has 0 radical (unpaired) electrons. The topological polar surface area (TPSA) is 78.4 Å². The van der Waals surface area contributed by atoms with E-state index in [-0.39, 0.29) is 24.2 Å². The third kappa shape index (κ3) is 5.30. The molecule has 2 unspecified atom stereocenters. The van der Waals surface area contributed by atoms with Crippen LogP contribution in [-0.2, 0) is 9.59 Å². The standard InChI is InChI=1S/C16H28N2O3/c1-12-10-13(12)15(20)17-9-6-14(19)18-11-16(21)7-4-2-3-5-8-16/h12-13,21H,2-11H2,1H3,(H,17,20)(H,18,19). The van der Waals surface area contributed by atoms with Crippen molar-refractivity contribution in [2.24, 2.45) is 11.8 Å². The molecule has 0 aromatic rings. The van der Waals surface area contributed by atoms with Gasteiger partial charge in [-0.2, -0.15) is 0 Å². The van der Waals surface area contributed by atoms with Crippen LogP contribution in [0.4, 0.5) is 0 Å². The molecule has 2 saturated carbocycles. The van der Waals surface area contributed by atoms with Gasteiger partial charge in [-0.15, -0.1) is 0 Å². The minimum absolute atomic E-state index is 0.0673. The minimum atomic E-state index is -0.737. The van der Waals surface area contributed by atoms with Gasteiger partial charge >= 0.3 is 0 Å². The molecule has 5 heteroatoms. The number of aliphatic hydroxyl groups is 1. The average Bonchev–Trinajstić information content (AvgIpc) is 3.20. The lowest BCUT2D eigenvalue weighted by Crippen LogP contribution is -2.43. The zero-order chi connectivity index (χ0) is 15.3. The Hall–Kier alpha value is -1.10. The maximum atomic E-state index is 11.8. The lowest BCUT2D eigenvalue weighted by Gasteiger charge is -2.26. The van der Waals surface area contributed by atoms with E-state index < -0.39 is 5.60 Å². The number of carbonyl (C=O) groups excluding carboxylic acids is 2. The molecule has 5 nitrogen and oxygen atoms in total. The van der Waals surface area contributed by atoms with E-state index in [9.17, 15) is 14.7 Å². The fraction of sp³-hybridized carbons (Fsp3) is 0.875. The van der Waals surface area contributed by atoms with Crippen molar-refractivity contribution < 1.29 is 14.7 Å². The van der Waals surface area contributed by atoms with Crippen molar-refractivity contribution in [1.29, 1.82) is 0 Å². The molecule has 2 aliphatic carbocycles. The van der Waals surface area contributed by atoms with E-state index in [0.717, 1.165) is 32.1 Å². The molecule has 0 aromatic heterocycles. The van der Waals surface area contributed by atoms with Gasteiger partial charge in [0.15, 0.2) is 0 Å². The number of nitrogens with one attached hydrogen (secondary N) is 2. The first-order valence-electron chi connectivity index (χ1n) is 8.27. The van der Waals surface area contributed by atoms with Gasteiger partial charge in [0.25, 0.3) is 0 Å². The van der Waals surface area contributed by atoms with Crippen LogP contribution in [0.25, 0.3) is 0 Å². The molecule has 2 fully saturated rings. The largest absolute Gasteiger partial charge is 0.388 e. The highest BCUT2D eigenvalue weighted by Crippen LogP contribution is 2.37. The number of hydrogen-bond acceptors (Lipinski definition) is 3. The van der Waals surface area contributed by atoms with Gasteiger partial charge in [0, 0.05) is 25.4 Å². The van der Waals surface area contributed by atoms with Crippen LogP contribution < -0.4 is 10.6 Å². The fourth-order valence-electron chi connectivity index (χ4n) is 3.03. The highest BCUT2D eigenvalue weighted by molar-refractivity contribution is 5.82. The van der Waals surface area contributed by atoms with Crippen molar-refractivity contribution in [3.05, 3.63) is 0 Å². The van der Waals surface area contributed by atoms with Crippen LogP contribution in [0.15, 0.2) is 0 Å². The summed E-state index contributed by atoms with van der Waals surface area (Å²) in [4.78, 5) is 23.4. The molecule has 3 N–H and O–H groups in total. The van der Waals surface area contributed by atoms with E-state index in [1.54, 1.807) is 0 Å². The molecular formula is C16H28N2O3. The molecule has 2 atom stereocenters. The lowest BCUT2D eigenvalue weighted by molar-refractivity contribution is -0.123. The quantitative estimate of drug-likeness (QED) is 0.647. The smallest absolute Gasteiger partial charge is 0.223 e. The van der Waals surface area contributed by atoms with Crippen LogP contribution in [0.5, 0.6) is 0 Å².